The highest BCUT2D eigenvalue weighted by Crippen LogP contribution is 2.46. The normalized spacial score (nSPS) is 21.2. The number of aryl methyl sites for hydroxylation is 1. The Balaban J connectivity index is 2.28. The van der Waals surface area contributed by atoms with Crippen molar-refractivity contribution < 1.29 is 0 Å². The van der Waals surface area contributed by atoms with Crippen LogP contribution in [0.5, 0.6) is 0 Å². The van der Waals surface area contributed by atoms with E-state index in [1.165, 1.54) is 25.7 Å². The molecule has 0 amide bonds. The molecule has 90 valence electrons. The number of rotatable bonds is 4. The van der Waals surface area contributed by atoms with Crippen molar-refractivity contribution in [2.75, 3.05) is 0 Å². The first kappa shape index (κ1) is 11.6. The lowest BCUT2D eigenvalue weighted by Gasteiger charge is -2.33. The van der Waals surface area contributed by atoms with Crippen LogP contribution in [0.2, 0.25) is 0 Å². The maximum Gasteiger partial charge on any atom is 0.127 e. The third-order valence-electron chi connectivity index (χ3n) is 3.96. The third-order valence-corrected chi connectivity index (χ3v) is 3.96. The molecule has 1 aliphatic rings. The van der Waals surface area contributed by atoms with Gasteiger partial charge in [-0.25, -0.2) is 10.4 Å². The van der Waals surface area contributed by atoms with Gasteiger partial charge in [-0.05, 0) is 25.2 Å². The van der Waals surface area contributed by atoms with E-state index >= 15 is 0 Å². The van der Waals surface area contributed by atoms with Crippen molar-refractivity contribution in [1.82, 2.24) is 15.0 Å². The topological polar surface area (TPSA) is 55.9 Å². The van der Waals surface area contributed by atoms with Crippen LogP contribution in [0.1, 0.15) is 51.4 Å². The Labute approximate surface area is 97.2 Å². The Bertz CT molecular complexity index is 339. The summed E-state index contributed by atoms with van der Waals surface area (Å²) in [5, 5.41) is 0. The Morgan fingerprint density at radius 2 is 2.25 bits per heavy atom. The fraction of sp³-hybridized carbons (Fsp3) is 0.750. The predicted molar refractivity (Wildman–Crippen MR) is 64.5 cm³/mol. The fourth-order valence-electron chi connectivity index (χ4n) is 2.91. The molecule has 1 aromatic heterocycles. The van der Waals surface area contributed by atoms with Crippen molar-refractivity contribution in [3.05, 3.63) is 18.2 Å². The molecule has 2 rings (SSSR count). The van der Waals surface area contributed by atoms with Crippen molar-refractivity contribution in [1.29, 1.82) is 0 Å². The second-order valence-corrected chi connectivity index (χ2v) is 5.03. The van der Waals surface area contributed by atoms with Crippen LogP contribution >= 0.6 is 0 Å². The molecule has 1 saturated carbocycles. The minimum atomic E-state index is 0.171. The molecule has 0 saturated heterocycles. The number of aromatic nitrogens is 2. The van der Waals surface area contributed by atoms with E-state index in [1.54, 1.807) is 0 Å². The molecule has 3 N–H and O–H groups in total. The Morgan fingerprint density at radius 1 is 1.56 bits per heavy atom. The number of hydrogen-bond donors (Lipinski definition) is 2. The van der Waals surface area contributed by atoms with Gasteiger partial charge in [-0.1, -0.05) is 19.8 Å². The maximum atomic E-state index is 5.75. The standard InChI is InChI=1S/C12H22N4/c1-3-16-9-8-14-11(16)10(15-13)12(2)6-4-5-7-12/h8-10,15H,3-7,13H2,1-2H3. The van der Waals surface area contributed by atoms with Crippen LogP contribution in [0, 0.1) is 5.41 Å². The van der Waals surface area contributed by atoms with Crippen molar-refractivity contribution in [3.8, 4) is 0 Å². The molecule has 1 unspecified atom stereocenters. The fourth-order valence-corrected chi connectivity index (χ4v) is 2.91. The second-order valence-electron chi connectivity index (χ2n) is 5.03. The van der Waals surface area contributed by atoms with Gasteiger partial charge in [-0.3, -0.25) is 5.84 Å². The van der Waals surface area contributed by atoms with Gasteiger partial charge in [0.2, 0.25) is 0 Å². The molecule has 1 atom stereocenters. The SMILES string of the molecule is CCn1ccnc1C(NN)C1(C)CCCC1. The van der Waals surface area contributed by atoms with E-state index in [4.69, 9.17) is 5.84 Å². The molecular weight excluding hydrogens is 200 g/mol. The highest BCUT2D eigenvalue weighted by molar-refractivity contribution is 5.06. The van der Waals surface area contributed by atoms with Gasteiger partial charge in [0.05, 0.1) is 6.04 Å². The molecule has 0 aromatic carbocycles. The monoisotopic (exact) mass is 222 g/mol. The summed E-state index contributed by atoms with van der Waals surface area (Å²) in [4.78, 5) is 4.47. The molecule has 1 heterocycles. The van der Waals surface area contributed by atoms with Gasteiger partial charge in [0.15, 0.2) is 0 Å². The first-order valence-electron chi connectivity index (χ1n) is 6.18. The van der Waals surface area contributed by atoms with E-state index in [1.807, 2.05) is 12.4 Å². The van der Waals surface area contributed by atoms with E-state index in [9.17, 15) is 0 Å². The van der Waals surface area contributed by atoms with Gasteiger partial charge in [0, 0.05) is 18.9 Å². The average molecular weight is 222 g/mol. The summed E-state index contributed by atoms with van der Waals surface area (Å²) in [6, 6.07) is 0.171. The van der Waals surface area contributed by atoms with Crippen molar-refractivity contribution in [2.24, 2.45) is 11.3 Å². The van der Waals surface area contributed by atoms with E-state index in [0.717, 1.165) is 12.4 Å². The molecule has 1 fully saturated rings. The number of nitrogens with one attached hydrogen (secondary N) is 1. The zero-order chi connectivity index (χ0) is 11.6. The zero-order valence-electron chi connectivity index (χ0n) is 10.2. The minimum Gasteiger partial charge on any atom is -0.334 e. The smallest absolute Gasteiger partial charge is 0.127 e. The highest BCUT2D eigenvalue weighted by atomic mass is 15.3. The Morgan fingerprint density at radius 3 is 2.81 bits per heavy atom. The first-order valence-corrected chi connectivity index (χ1v) is 6.18. The Hall–Kier alpha value is -0.870. The molecule has 1 aliphatic carbocycles. The maximum absolute atomic E-state index is 5.75. The van der Waals surface area contributed by atoms with Gasteiger partial charge >= 0.3 is 0 Å². The summed E-state index contributed by atoms with van der Waals surface area (Å²) >= 11 is 0. The molecule has 0 spiro atoms. The number of imidazole rings is 1. The zero-order valence-corrected chi connectivity index (χ0v) is 10.2. The van der Waals surface area contributed by atoms with E-state index in [-0.39, 0.29) is 11.5 Å². The second kappa shape index (κ2) is 4.55. The van der Waals surface area contributed by atoms with E-state index < -0.39 is 0 Å². The summed E-state index contributed by atoms with van der Waals surface area (Å²) in [5.74, 6) is 6.83. The van der Waals surface area contributed by atoms with Crippen LogP contribution in [0.15, 0.2) is 12.4 Å². The Kier molecular flexibility index (Phi) is 3.30. The number of hydrogen-bond acceptors (Lipinski definition) is 3. The van der Waals surface area contributed by atoms with Crippen molar-refractivity contribution >= 4 is 0 Å². The molecule has 4 nitrogen and oxygen atoms in total. The van der Waals surface area contributed by atoms with Gasteiger partial charge in [0.25, 0.3) is 0 Å². The van der Waals surface area contributed by atoms with Crippen molar-refractivity contribution in [2.45, 2.75) is 52.1 Å². The van der Waals surface area contributed by atoms with E-state index in [2.05, 4.69) is 28.8 Å². The van der Waals surface area contributed by atoms with Gasteiger partial charge in [-0.2, -0.15) is 0 Å². The number of nitrogens with zero attached hydrogens (tertiary/aromatic N) is 2. The lowest BCUT2D eigenvalue weighted by molar-refractivity contribution is 0.211. The predicted octanol–water partition coefficient (Wildman–Crippen LogP) is 1.99. The molecule has 0 radical (unpaired) electrons. The summed E-state index contributed by atoms with van der Waals surface area (Å²) in [6.45, 7) is 5.40. The molecule has 1 aromatic rings. The molecular formula is C12H22N4. The molecule has 16 heavy (non-hydrogen) atoms. The summed E-state index contributed by atoms with van der Waals surface area (Å²) in [6.07, 6.45) is 8.97. The lowest BCUT2D eigenvalue weighted by Crippen LogP contribution is -2.40. The van der Waals surface area contributed by atoms with Gasteiger partial charge < -0.3 is 4.57 Å². The lowest BCUT2D eigenvalue weighted by atomic mass is 9.80. The third kappa shape index (κ3) is 1.87. The van der Waals surface area contributed by atoms with E-state index in [0.29, 0.717) is 0 Å². The van der Waals surface area contributed by atoms with Crippen LogP contribution < -0.4 is 11.3 Å². The van der Waals surface area contributed by atoms with Crippen LogP contribution in [0.3, 0.4) is 0 Å². The molecule has 0 aliphatic heterocycles. The van der Waals surface area contributed by atoms with Crippen LogP contribution in [-0.2, 0) is 6.54 Å². The van der Waals surface area contributed by atoms with Gasteiger partial charge in [-0.15, -0.1) is 0 Å². The summed E-state index contributed by atoms with van der Waals surface area (Å²) in [5.41, 5.74) is 3.24. The quantitative estimate of drug-likeness (QED) is 0.605. The molecule has 0 bridgehead atoms. The first-order chi connectivity index (χ1) is 7.71. The minimum absolute atomic E-state index is 0.171. The van der Waals surface area contributed by atoms with Crippen molar-refractivity contribution in [3.63, 3.8) is 0 Å². The van der Waals surface area contributed by atoms with Crippen LogP contribution in [-0.4, -0.2) is 9.55 Å². The summed E-state index contributed by atoms with van der Waals surface area (Å²) < 4.78 is 2.17. The van der Waals surface area contributed by atoms with Crippen LogP contribution in [0.4, 0.5) is 0 Å². The van der Waals surface area contributed by atoms with Crippen LogP contribution in [0.25, 0.3) is 0 Å². The number of hydrazine groups is 1. The molecule has 4 heteroatoms. The highest BCUT2D eigenvalue weighted by Gasteiger charge is 2.39. The van der Waals surface area contributed by atoms with Gasteiger partial charge in [0.1, 0.15) is 5.82 Å². The average Bonchev–Trinajstić information content (AvgIpc) is 2.89. The summed E-state index contributed by atoms with van der Waals surface area (Å²) in [7, 11) is 0. The number of nitrogens with two attached hydrogens (primary N) is 1. The largest absolute Gasteiger partial charge is 0.334 e.